The van der Waals surface area contributed by atoms with Crippen LogP contribution in [-0.2, 0) is 14.8 Å². The van der Waals surface area contributed by atoms with E-state index in [0.717, 1.165) is 25.2 Å². The van der Waals surface area contributed by atoms with E-state index in [2.05, 4.69) is 20.0 Å². The first-order valence-corrected chi connectivity index (χ1v) is 11.5. The minimum absolute atomic E-state index is 0.153. The van der Waals surface area contributed by atoms with Crippen molar-refractivity contribution in [2.45, 2.75) is 17.7 Å². The molecule has 8 nitrogen and oxygen atoms in total. The van der Waals surface area contributed by atoms with Crippen LogP contribution in [0.15, 0.2) is 78.1 Å². The third-order valence-corrected chi connectivity index (χ3v) is 6.53. The van der Waals surface area contributed by atoms with Crippen LogP contribution in [0, 0.1) is 5.92 Å². The molecule has 0 radical (unpaired) electrons. The molecule has 2 aromatic carbocycles. The number of benzene rings is 2. The number of sulfonamides is 1. The summed E-state index contributed by atoms with van der Waals surface area (Å²) >= 11 is 0. The molecule has 1 aromatic heterocycles. The number of carbonyl (C=O) groups excluding carboxylic acids is 1. The van der Waals surface area contributed by atoms with Gasteiger partial charge in [0.15, 0.2) is 0 Å². The lowest BCUT2D eigenvalue weighted by Gasteiger charge is -2.32. The van der Waals surface area contributed by atoms with Gasteiger partial charge in [-0.2, -0.15) is 0 Å². The van der Waals surface area contributed by atoms with Crippen molar-refractivity contribution in [3.63, 3.8) is 0 Å². The molecule has 1 amide bonds. The second kappa shape index (κ2) is 9.13. The summed E-state index contributed by atoms with van der Waals surface area (Å²) < 4.78 is 28.0. The number of aromatic nitrogens is 2. The quantitative estimate of drug-likeness (QED) is 0.614. The highest BCUT2D eigenvalue weighted by molar-refractivity contribution is 7.92. The van der Waals surface area contributed by atoms with Gasteiger partial charge in [0, 0.05) is 25.5 Å². The SMILES string of the molecule is O=C(Nc1ccccc1NS(=O)(=O)c1ccccc1)C1CCCN(c2cnccn2)C1. The highest BCUT2D eigenvalue weighted by Gasteiger charge is 2.27. The maximum absolute atomic E-state index is 13.0. The second-order valence-electron chi connectivity index (χ2n) is 7.30. The van der Waals surface area contributed by atoms with Gasteiger partial charge < -0.3 is 10.2 Å². The van der Waals surface area contributed by atoms with Gasteiger partial charge in [-0.25, -0.2) is 13.4 Å². The highest BCUT2D eigenvalue weighted by atomic mass is 32.2. The third kappa shape index (κ3) is 5.00. The predicted molar refractivity (Wildman–Crippen MR) is 119 cm³/mol. The lowest BCUT2D eigenvalue weighted by atomic mass is 9.97. The van der Waals surface area contributed by atoms with Gasteiger partial charge in [-0.1, -0.05) is 30.3 Å². The molecule has 1 fully saturated rings. The fourth-order valence-electron chi connectivity index (χ4n) is 3.57. The topological polar surface area (TPSA) is 104 Å². The number of carbonyl (C=O) groups is 1. The number of nitrogens with one attached hydrogen (secondary N) is 2. The zero-order valence-corrected chi connectivity index (χ0v) is 17.6. The summed E-state index contributed by atoms with van der Waals surface area (Å²) in [6.45, 7) is 1.35. The number of amides is 1. The van der Waals surface area contributed by atoms with E-state index in [9.17, 15) is 13.2 Å². The van der Waals surface area contributed by atoms with Crippen molar-refractivity contribution in [2.75, 3.05) is 28.0 Å². The Bertz CT molecular complexity index is 1140. The Labute approximate surface area is 181 Å². The van der Waals surface area contributed by atoms with Crippen molar-refractivity contribution < 1.29 is 13.2 Å². The molecule has 31 heavy (non-hydrogen) atoms. The van der Waals surface area contributed by atoms with Crippen molar-refractivity contribution in [3.05, 3.63) is 73.2 Å². The molecular formula is C22H23N5O3S. The molecular weight excluding hydrogens is 414 g/mol. The molecule has 2 N–H and O–H groups in total. The van der Waals surface area contributed by atoms with Crippen LogP contribution in [-0.4, -0.2) is 37.4 Å². The van der Waals surface area contributed by atoms with Gasteiger partial charge in [-0.3, -0.25) is 14.5 Å². The summed E-state index contributed by atoms with van der Waals surface area (Å²) in [5.74, 6) is 0.352. The molecule has 3 aromatic rings. The van der Waals surface area contributed by atoms with Crippen molar-refractivity contribution in [3.8, 4) is 0 Å². The summed E-state index contributed by atoms with van der Waals surface area (Å²) in [4.78, 5) is 23.6. The Morgan fingerprint density at radius 1 is 1.00 bits per heavy atom. The minimum Gasteiger partial charge on any atom is -0.355 e. The average molecular weight is 438 g/mol. The van der Waals surface area contributed by atoms with Crippen molar-refractivity contribution in [1.82, 2.24) is 9.97 Å². The highest BCUT2D eigenvalue weighted by Crippen LogP contribution is 2.27. The van der Waals surface area contributed by atoms with Crippen LogP contribution in [0.2, 0.25) is 0 Å². The molecule has 0 bridgehead atoms. The van der Waals surface area contributed by atoms with Crippen LogP contribution in [0.5, 0.6) is 0 Å². The first kappa shape index (κ1) is 20.8. The monoisotopic (exact) mass is 437 g/mol. The summed E-state index contributed by atoms with van der Waals surface area (Å²) in [6.07, 6.45) is 6.55. The smallest absolute Gasteiger partial charge is 0.261 e. The fraction of sp³-hybridized carbons (Fsp3) is 0.227. The molecule has 160 valence electrons. The van der Waals surface area contributed by atoms with Crippen LogP contribution < -0.4 is 14.9 Å². The van der Waals surface area contributed by atoms with Gasteiger partial charge in [0.25, 0.3) is 10.0 Å². The van der Waals surface area contributed by atoms with Crippen molar-refractivity contribution in [2.24, 2.45) is 5.92 Å². The number of piperidine rings is 1. The summed E-state index contributed by atoms with van der Waals surface area (Å²) in [7, 11) is -3.77. The normalized spacial score (nSPS) is 16.5. The standard InChI is InChI=1S/C22H23N5O3S/c28-22(17-7-6-14-27(16-17)21-15-23-12-13-24-21)25-19-10-4-5-11-20(19)26-31(29,30)18-8-2-1-3-9-18/h1-5,8-13,15,17,26H,6-7,14,16H2,(H,25,28). The number of para-hydroxylation sites is 2. The lowest BCUT2D eigenvalue weighted by molar-refractivity contribution is -0.120. The Balaban J connectivity index is 1.48. The maximum atomic E-state index is 13.0. The van der Waals surface area contributed by atoms with E-state index in [1.807, 2.05) is 4.90 Å². The molecule has 1 aliphatic rings. The van der Waals surface area contributed by atoms with Gasteiger partial charge in [0.2, 0.25) is 5.91 Å². The average Bonchev–Trinajstić information content (AvgIpc) is 2.81. The first-order valence-electron chi connectivity index (χ1n) is 10.0. The zero-order valence-electron chi connectivity index (χ0n) is 16.8. The Morgan fingerprint density at radius 2 is 1.74 bits per heavy atom. The lowest BCUT2D eigenvalue weighted by Crippen LogP contribution is -2.41. The minimum atomic E-state index is -3.77. The molecule has 1 unspecified atom stereocenters. The molecule has 0 spiro atoms. The van der Waals surface area contributed by atoms with Crippen LogP contribution in [0.4, 0.5) is 17.2 Å². The van der Waals surface area contributed by atoms with E-state index in [4.69, 9.17) is 0 Å². The Kier molecular flexibility index (Phi) is 6.13. The van der Waals surface area contributed by atoms with Gasteiger partial charge >= 0.3 is 0 Å². The summed E-state index contributed by atoms with van der Waals surface area (Å²) in [6, 6.07) is 14.9. The van der Waals surface area contributed by atoms with Gasteiger partial charge in [-0.05, 0) is 37.1 Å². The summed E-state index contributed by atoms with van der Waals surface area (Å²) in [5, 5.41) is 2.90. The number of rotatable bonds is 6. The van der Waals surface area contributed by atoms with Crippen LogP contribution in [0.25, 0.3) is 0 Å². The van der Waals surface area contributed by atoms with E-state index in [-0.39, 0.29) is 16.7 Å². The van der Waals surface area contributed by atoms with Crippen molar-refractivity contribution >= 4 is 33.1 Å². The van der Waals surface area contributed by atoms with Gasteiger partial charge in [0.05, 0.1) is 28.4 Å². The molecule has 2 heterocycles. The van der Waals surface area contributed by atoms with E-state index in [0.29, 0.717) is 17.9 Å². The van der Waals surface area contributed by atoms with E-state index >= 15 is 0 Å². The molecule has 1 aliphatic heterocycles. The Morgan fingerprint density at radius 3 is 2.48 bits per heavy atom. The second-order valence-corrected chi connectivity index (χ2v) is 8.98. The van der Waals surface area contributed by atoms with Gasteiger partial charge in [0.1, 0.15) is 5.82 Å². The molecule has 4 rings (SSSR count). The number of hydrogen-bond donors (Lipinski definition) is 2. The third-order valence-electron chi connectivity index (χ3n) is 5.15. The molecule has 1 saturated heterocycles. The van der Waals surface area contributed by atoms with Crippen molar-refractivity contribution in [1.29, 1.82) is 0 Å². The molecule has 9 heteroatoms. The number of hydrogen-bond acceptors (Lipinski definition) is 6. The van der Waals surface area contributed by atoms with Crippen LogP contribution in [0.3, 0.4) is 0 Å². The van der Waals surface area contributed by atoms with E-state index in [1.165, 1.54) is 12.1 Å². The maximum Gasteiger partial charge on any atom is 0.261 e. The molecule has 1 atom stereocenters. The molecule has 0 aliphatic carbocycles. The zero-order chi connectivity index (χ0) is 21.7. The predicted octanol–water partition coefficient (Wildman–Crippen LogP) is 3.13. The number of anilines is 3. The largest absolute Gasteiger partial charge is 0.355 e. The van der Waals surface area contributed by atoms with Crippen LogP contribution in [0.1, 0.15) is 12.8 Å². The van der Waals surface area contributed by atoms with Crippen LogP contribution >= 0.6 is 0 Å². The molecule has 0 saturated carbocycles. The van der Waals surface area contributed by atoms with E-state index in [1.54, 1.807) is 61.1 Å². The Hall–Kier alpha value is -3.46. The van der Waals surface area contributed by atoms with Gasteiger partial charge in [-0.15, -0.1) is 0 Å². The summed E-state index contributed by atoms with van der Waals surface area (Å²) in [5.41, 5.74) is 0.741. The van der Waals surface area contributed by atoms with E-state index < -0.39 is 10.0 Å². The number of nitrogens with zero attached hydrogens (tertiary/aromatic N) is 3. The fourth-order valence-corrected chi connectivity index (χ4v) is 4.67. The first-order chi connectivity index (χ1) is 15.0.